The van der Waals surface area contributed by atoms with E-state index in [0.717, 1.165) is 35.1 Å². The normalized spacial score (nSPS) is 21.1. The number of aryl methyl sites for hydroxylation is 2. The average Bonchev–Trinajstić information content (AvgIpc) is 3.13. The van der Waals surface area contributed by atoms with Crippen LogP contribution in [0.25, 0.3) is 11.0 Å². The molecule has 0 saturated heterocycles. The number of rotatable bonds is 3. The van der Waals surface area contributed by atoms with Crippen LogP contribution in [0, 0.1) is 32.3 Å². The van der Waals surface area contributed by atoms with Gasteiger partial charge in [0.05, 0.1) is 17.8 Å². The molecule has 1 aromatic heterocycles. The van der Waals surface area contributed by atoms with Gasteiger partial charge in [-0.25, -0.2) is 9.97 Å². The molecule has 0 bridgehead atoms. The second-order valence-electron chi connectivity index (χ2n) is 10.0. The molecule has 34 heavy (non-hydrogen) atoms. The van der Waals surface area contributed by atoms with E-state index >= 15 is 0 Å². The smallest absolute Gasteiger partial charge is 0.236 e. The summed E-state index contributed by atoms with van der Waals surface area (Å²) in [5.74, 6) is 1.56. The Kier molecular flexibility index (Phi) is 6.74. The van der Waals surface area contributed by atoms with E-state index in [4.69, 9.17) is 14.5 Å². The van der Waals surface area contributed by atoms with Crippen LogP contribution in [0.4, 0.5) is 0 Å². The van der Waals surface area contributed by atoms with Crippen LogP contribution in [0.2, 0.25) is 0 Å². The molecule has 0 amide bonds. The molecule has 5 rings (SSSR count). The molecule has 2 aromatic carbocycles. The third-order valence-corrected chi connectivity index (χ3v) is 6.97. The summed E-state index contributed by atoms with van der Waals surface area (Å²) >= 11 is 0. The molecule has 2 atom stereocenters. The number of aromatic hydroxyl groups is 1. The standard InChI is InChI=1S/C27H30N3O3.Pt/c1-15-10-20-24(21(31)11-15)29-23(14-28-20)32-18-12-16(2)17(3)19(13-18)26-30-25-22(33-26)8-6-7-9-27(25,4)5;/h10-12,14,22,25,31H,6-9H2,1-5H3;/q-1;/t22-,25+;/m0./s1. The number of phenols is 1. The summed E-state index contributed by atoms with van der Waals surface area (Å²) in [5.41, 5.74) is 5.04. The number of aromatic nitrogens is 2. The van der Waals surface area contributed by atoms with Crippen LogP contribution in [-0.4, -0.2) is 33.1 Å². The Morgan fingerprint density at radius 3 is 2.74 bits per heavy atom. The molecular formula is C27H30N3O3Pt-. The van der Waals surface area contributed by atoms with E-state index in [9.17, 15) is 5.11 Å². The first kappa shape index (κ1) is 24.7. The zero-order chi connectivity index (χ0) is 23.3. The van der Waals surface area contributed by atoms with Gasteiger partial charge in [0.2, 0.25) is 5.88 Å². The van der Waals surface area contributed by atoms with Gasteiger partial charge in [0, 0.05) is 26.8 Å². The molecule has 2 heterocycles. The third kappa shape index (κ3) is 4.57. The number of ether oxygens (including phenoxy) is 2. The maximum Gasteiger partial charge on any atom is 0.236 e. The second-order valence-corrected chi connectivity index (χ2v) is 10.0. The number of phenolic OH excluding ortho intramolecular Hbond substituents is 1. The minimum Gasteiger partial charge on any atom is -0.515 e. The van der Waals surface area contributed by atoms with Crippen molar-refractivity contribution in [1.29, 1.82) is 0 Å². The Morgan fingerprint density at radius 2 is 1.94 bits per heavy atom. The third-order valence-electron chi connectivity index (χ3n) is 6.97. The number of hydrogen-bond acceptors (Lipinski definition) is 6. The molecule has 1 saturated carbocycles. The van der Waals surface area contributed by atoms with Gasteiger partial charge in [-0.1, -0.05) is 51.8 Å². The van der Waals surface area contributed by atoms with Gasteiger partial charge in [0.1, 0.15) is 23.3 Å². The summed E-state index contributed by atoms with van der Waals surface area (Å²) in [6.45, 7) is 10.6. The van der Waals surface area contributed by atoms with Crippen molar-refractivity contribution < 1.29 is 35.6 Å². The van der Waals surface area contributed by atoms with E-state index in [1.54, 1.807) is 12.3 Å². The quantitative estimate of drug-likeness (QED) is 0.358. The van der Waals surface area contributed by atoms with Gasteiger partial charge in [0.25, 0.3) is 0 Å². The summed E-state index contributed by atoms with van der Waals surface area (Å²) in [7, 11) is 0. The molecule has 1 aliphatic carbocycles. The van der Waals surface area contributed by atoms with Crippen molar-refractivity contribution in [2.75, 3.05) is 0 Å². The first-order valence-corrected chi connectivity index (χ1v) is 11.6. The summed E-state index contributed by atoms with van der Waals surface area (Å²) in [6, 6.07) is 8.99. The van der Waals surface area contributed by atoms with Crippen molar-refractivity contribution in [3.63, 3.8) is 0 Å². The molecule has 7 heteroatoms. The fourth-order valence-corrected chi connectivity index (χ4v) is 4.94. The molecule has 3 aromatic rings. The van der Waals surface area contributed by atoms with Crippen molar-refractivity contribution in [1.82, 2.24) is 9.97 Å². The first-order valence-electron chi connectivity index (χ1n) is 11.6. The Morgan fingerprint density at radius 1 is 1.15 bits per heavy atom. The Hall–Kier alpha value is -2.46. The van der Waals surface area contributed by atoms with Gasteiger partial charge >= 0.3 is 0 Å². The molecule has 182 valence electrons. The summed E-state index contributed by atoms with van der Waals surface area (Å²) in [5, 5.41) is 10.3. The summed E-state index contributed by atoms with van der Waals surface area (Å²) < 4.78 is 12.4. The number of aliphatic imine (C=N–C) groups is 1. The Bertz CT molecular complexity index is 1270. The van der Waals surface area contributed by atoms with Gasteiger partial charge in [-0.15, -0.1) is 11.1 Å². The minimum atomic E-state index is 0. The molecule has 0 unspecified atom stereocenters. The fourth-order valence-electron chi connectivity index (χ4n) is 4.94. The first-order chi connectivity index (χ1) is 15.7. The molecule has 2 aliphatic rings. The molecule has 6 nitrogen and oxygen atoms in total. The van der Waals surface area contributed by atoms with E-state index in [-0.39, 0.29) is 44.4 Å². The molecule has 1 aliphatic heterocycles. The maximum absolute atomic E-state index is 10.3. The van der Waals surface area contributed by atoms with Crippen molar-refractivity contribution in [3.8, 4) is 17.4 Å². The predicted octanol–water partition coefficient (Wildman–Crippen LogP) is 5.96. The van der Waals surface area contributed by atoms with Crippen LogP contribution in [0.1, 0.15) is 61.8 Å². The molecule has 1 fully saturated rings. The average molecular weight is 640 g/mol. The van der Waals surface area contributed by atoms with Gasteiger partial charge < -0.3 is 14.6 Å². The SMILES string of the molecule is Cc1cc(O)c2nc(Oc3[c-]c(C4=N[C@@H]5[C@H](CCCCC5(C)C)O4)c(C)c(C)c3)cnc2c1.[Pt]. The number of hydrogen-bond donors (Lipinski definition) is 1. The molecular weight excluding hydrogens is 609 g/mol. The van der Waals surface area contributed by atoms with Crippen LogP contribution in [0.3, 0.4) is 0 Å². The van der Waals surface area contributed by atoms with E-state index in [1.807, 2.05) is 26.0 Å². The van der Waals surface area contributed by atoms with Gasteiger partial charge in [0.15, 0.2) is 0 Å². The number of benzene rings is 2. The van der Waals surface area contributed by atoms with Crippen molar-refractivity contribution >= 4 is 16.9 Å². The predicted molar refractivity (Wildman–Crippen MR) is 128 cm³/mol. The van der Waals surface area contributed by atoms with Gasteiger partial charge in [-0.05, 0) is 49.3 Å². The topological polar surface area (TPSA) is 76.8 Å². The maximum atomic E-state index is 10.3. The minimum absolute atomic E-state index is 0. The van der Waals surface area contributed by atoms with Crippen LogP contribution in [0.15, 0.2) is 29.4 Å². The van der Waals surface area contributed by atoms with Crippen molar-refractivity contribution in [2.45, 2.75) is 72.4 Å². The van der Waals surface area contributed by atoms with E-state index in [0.29, 0.717) is 28.6 Å². The second kappa shape index (κ2) is 9.30. The van der Waals surface area contributed by atoms with Crippen LogP contribution in [-0.2, 0) is 25.8 Å². The number of nitrogens with zero attached hydrogens (tertiary/aromatic N) is 3. The Labute approximate surface area is 215 Å². The largest absolute Gasteiger partial charge is 0.515 e. The van der Waals surface area contributed by atoms with E-state index < -0.39 is 0 Å². The Balaban J connectivity index is 0.00000274. The number of fused-ring (bicyclic) bond motifs is 2. The van der Waals surface area contributed by atoms with Crippen LogP contribution in [0.5, 0.6) is 17.4 Å². The van der Waals surface area contributed by atoms with Crippen LogP contribution < -0.4 is 4.74 Å². The molecule has 0 radical (unpaired) electrons. The van der Waals surface area contributed by atoms with Crippen molar-refractivity contribution in [3.05, 3.63) is 52.7 Å². The zero-order valence-electron chi connectivity index (χ0n) is 20.2. The van der Waals surface area contributed by atoms with Gasteiger partial charge in [-0.3, -0.25) is 4.99 Å². The zero-order valence-corrected chi connectivity index (χ0v) is 22.5. The summed E-state index contributed by atoms with van der Waals surface area (Å²) in [6.07, 6.45) is 6.27. The van der Waals surface area contributed by atoms with E-state index in [2.05, 4.69) is 36.8 Å². The summed E-state index contributed by atoms with van der Waals surface area (Å²) in [4.78, 5) is 13.9. The van der Waals surface area contributed by atoms with Crippen molar-refractivity contribution in [2.24, 2.45) is 10.4 Å². The van der Waals surface area contributed by atoms with Gasteiger partial charge in [-0.2, -0.15) is 0 Å². The molecule has 0 spiro atoms. The van der Waals surface area contributed by atoms with Crippen LogP contribution >= 0.6 is 0 Å². The monoisotopic (exact) mass is 639 g/mol. The molecule has 1 N–H and O–H groups in total. The van der Waals surface area contributed by atoms with E-state index in [1.165, 1.54) is 12.8 Å². The fraction of sp³-hybridized carbons (Fsp3) is 0.444.